The van der Waals surface area contributed by atoms with Gasteiger partial charge in [-0.2, -0.15) is 0 Å². The number of carbonyl (C=O) groups excluding carboxylic acids is 1. The van der Waals surface area contributed by atoms with Crippen LogP contribution < -0.4 is 5.32 Å². The maximum atomic E-state index is 12.2. The van der Waals surface area contributed by atoms with Crippen LogP contribution in [0, 0.1) is 13.8 Å². The molecule has 0 bridgehead atoms. The van der Waals surface area contributed by atoms with Crippen LogP contribution in [-0.4, -0.2) is 5.91 Å². The maximum Gasteiger partial charge on any atom is 0.265 e. The monoisotopic (exact) mass is 305 g/mol. The number of hydrogen-bond acceptors (Lipinski definition) is 3. The second-order valence-electron chi connectivity index (χ2n) is 4.55. The van der Waals surface area contributed by atoms with Crippen LogP contribution >= 0.6 is 22.9 Å². The van der Waals surface area contributed by atoms with Gasteiger partial charge in [0, 0.05) is 10.3 Å². The van der Waals surface area contributed by atoms with E-state index in [0.717, 1.165) is 16.0 Å². The Hall–Kier alpha value is -1.78. The molecule has 1 N–H and O–H groups in total. The molecule has 3 nitrogen and oxygen atoms in total. The topological polar surface area (TPSA) is 42.2 Å². The van der Waals surface area contributed by atoms with E-state index < -0.39 is 0 Å². The van der Waals surface area contributed by atoms with Crippen LogP contribution in [0.3, 0.4) is 0 Å². The molecule has 2 aromatic heterocycles. The maximum absolute atomic E-state index is 12.2. The number of aryl methyl sites for hydroxylation is 2. The Labute approximate surface area is 125 Å². The number of rotatable bonds is 2. The highest BCUT2D eigenvalue weighted by atomic mass is 35.5. The second kappa shape index (κ2) is 4.96. The minimum Gasteiger partial charge on any atom is -0.459 e. The first kappa shape index (κ1) is 13.2. The Morgan fingerprint density at radius 3 is 2.80 bits per heavy atom. The van der Waals surface area contributed by atoms with Gasteiger partial charge in [0.25, 0.3) is 5.91 Å². The predicted molar refractivity (Wildman–Crippen MR) is 83.0 cm³/mol. The number of fused-ring (bicyclic) bond motifs is 1. The molecule has 0 unspecified atom stereocenters. The summed E-state index contributed by atoms with van der Waals surface area (Å²) in [6.45, 7) is 3.77. The van der Waals surface area contributed by atoms with Crippen molar-refractivity contribution in [3.63, 3.8) is 0 Å². The third-order valence-corrected chi connectivity index (χ3v) is 4.55. The third kappa shape index (κ3) is 2.32. The van der Waals surface area contributed by atoms with Gasteiger partial charge < -0.3 is 9.73 Å². The summed E-state index contributed by atoms with van der Waals surface area (Å²) in [6.07, 6.45) is 0. The first-order chi connectivity index (χ1) is 9.54. The van der Waals surface area contributed by atoms with Crippen molar-refractivity contribution in [3.8, 4) is 0 Å². The lowest BCUT2D eigenvalue weighted by molar-refractivity contribution is 0.103. The molecular formula is C15H12ClNO2S. The van der Waals surface area contributed by atoms with Crippen LogP contribution in [-0.2, 0) is 0 Å². The second-order valence-corrected chi connectivity index (χ2v) is 6.21. The number of para-hydroxylation sites is 1. The summed E-state index contributed by atoms with van der Waals surface area (Å²) in [5.41, 5.74) is 1.36. The van der Waals surface area contributed by atoms with Gasteiger partial charge in [-0.15, -0.1) is 11.3 Å². The molecule has 0 radical (unpaired) electrons. The lowest BCUT2D eigenvalue weighted by atomic mass is 10.2. The van der Waals surface area contributed by atoms with Gasteiger partial charge in [0.2, 0.25) is 0 Å². The van der Waals surface area contributed by atoms with Crippen LogP contribution in [0.2, 0.25) is 5.02 Å². The smallest absolute Gasteiger partial charge is 0.265 e. The van der Waals surface area contributed by atoms with Gasteiger partial charge in [-0.25, -0.2) is 0 Å². The fourth-order valence-corrected chi connectivity index (χ4v) is 3.14. The molecule has 3 rings (SSSR count). The number of amides is 1. The van der Waals surface area contributed by atoms with E-state index in [1.54, 1.807) is 6.07 Å². The average Bonchev–Trinajstić information content (AvgIpc) is 2.93. The van der Waals surface area contributed by atoms with Crippen molar-refractivity contribution < 1.29 is 9.21 Å². The summed E-state index contributed by atoms with van der Waals surface area (Å²) in [6, 6.07) is 9.29. The molecule has 0 saturated carbocycles. The van der Waals surface area contributed by atoms with Crippen molar-refractivity contribution in [1.82, 2.24) is 0 Å². The summed E-state index contributed by atoms with van der Waals surface area (Å²) >= 11 is 7.36. The number of carbonyl (C=O) groups is 1. The fourth-order valence-electron chi connectivity index (χ4n) is 2.05. The Kier molecular flexibility index (Phi) is 3.28. The Bertz CT molecular complexity index is 784. The van der Waals surface area contributed by atoms with Gasteiger partial charge in [0.1, 0.15) is 5.76 Å². The van der Waals surface area contributed by atoms with E-state index in [1.807, 2.05) is 38.1 Å². The van der Waals surface area contributed by atoms with Crippen molar-refractivity contribution >= 4 is 45.5 Å². The third-order valence-electron chi connectivity index (χ3n) is 3.00. The molecule has 0 aliphatic rings. The SMILES string of the molecule is Cc1cc2cccc(NC(=O)c3cc(Cl)c(C)s3)c2o1. The number of benzene rings is 1. The molecule has 0 aliphatic heterocycles. The molecule has 0 spiro atoms. The van der Waals surface area contributed by atoms with Crippen LogP contribution in [0.25, 0.3) is 11.0 Å². The summed E-state index contributed by atoms with van der Waals surface area (Å²) in [5, 5.41) is 4.46. The molecule has 20 heavy (non-hydrogen) atoms. The molecule has 1 amide bonds. The minimum absolute atomic E-state index is 0.174. The highest BCUT2D eigenvalue weighted by molar-refractivity contribution is 7.14. The highest BCUT2D eigenvalue weighted by Crippen LogP contribution is 2.29. The molecule has 1 aromatic carbocycles. The number of anilines is 1. The van der Waals surface area contributed by atoms with Crippen molar-refractivity contribution in [3.05, 3.63) is 50.9 Å². The molecule has 0 fully saturated rings. The summed E-state index contributed by atoms with van der Waals surface area (Å²) < 4.78 is 5.63. The molecule has 2 heterocycles. The summed E-state index contributed by atoms with van der Waals surface area (Å²) in [5.74, 6) is 0.642. The normalized spacial score (nSPS) is 10.9. The van der Waals surface area contributed by atoms with Crippen molar-refractivity contribution in [1.29, 1.82) is 0 Å². The lowest BCUT2D eigenvalue weighted by Gasteiger charge is -2.03. The first-order valence-corrected chi connectivity index (χ1v) is 7.30. The molecular weight excluding hydrogens is 294 g/mol. The van der Waals surface area contributed by atoms with E-state index in [-0.39, 0.29) is 5.91 Å². The minimum atomic E-state index is -0.174. The quantitative estimate of drug-likeness (QED) is 0.722. The van der Waals surface area contributed by atoms with E-state index in [1.165, 1.54) is 11.3 Å². The molecule has 102 valence electrons. The van der Waals surface area contributed by atoms with Crippen LogP contribution in [0.5, 0.6) is 0 Å². The van der Waals surface area contributed by atoms with Crippen LogP contribution in [0.4, 0.5) is 5.69 Å². The number of furan rings is 1. The zero-order chi connectivity index (χ0) is 14.3. The van der Waals surface area contributed by atoms with Crippen LogP contribution in [0.15, 0.2) is 34.7 Å². The van der Waals surface area contributed by atoms with Gasteiger partial charge >= 0.3 is 0 Å². The zero-order valence-corrected chi connectivity index (χ0v) is 12.6. The Morgan fingerprint density at radius 2 is 2.10 bits per heavy atom. The van der Waals surface area contributed by atoms with E-state index in [2.05, 4.69) is 5.32 Å². The molecule has 3 aromatic rings. The van der Waals surface area contributed by atoms with Gasteiger partial charge in [-0.05, 0) is 32.0 Å². The van der Waals surface area contributed by atoms with Gasteiger partial charge in [-0.1, -0.05) is 23.7 Å². The Morgan fingerprint density at radius 1 is 1.30 bits per heavy atom. The summed E-state index contributed by atoms with van der Waals surface area (Å²) in [7, 11) is 0. The number of halogens is 1. The number of hydrogen-bond donors (Lipinski definition) is 1. The lowest BCUT2D eigenvalue weighted by Crippen LogP contribution is -2.10. The van der Waals surface area contributed by atoms with Crippen molar-refractivity contribution in [2.24, 2.45) is 0 Å². The Balaban J connectivity index is 1.94. The van der Waals surface area contributed by atoms with Gasteiger partial charge in [0.05, 0.1) is 15.6 Å². The molecule has 5 heteroatoms. The fraction of sp³-hybridized carbons (Fsp3) is 0.133. The number of thiophene rings is 1. The van der Waals surface area contributed by atoms with Gasteiger partial charge in [-0.3, -0.25) is 4.79 Å². The van der Waals surface area contributed by atoms with Crippen molar-refractivity contribution in [2.45, 2.75) is 13.8 Å². The average molecular weight is 306 g/mol. The van der Waals surface area contributed by atoms with Crippen molar-refractivity contribution in [2.75, 3.05) is 5.32 Å². The molecule has 0 aliphatic carbocycles. The highest BCUT2D eigenvalue weighted by Gasteiger charge is 2.14. The predicted octanol–water partition coefficient (Wildman–Crippen LogP) is 5.02. The van der Waals surface area contributed by atoms with Crippen LogP contribution in [0.1, 0.15) is 20.3 Å². The molecule has 0 saturated heterocycles. The molecule has 0 atom stereocenters. The zero-order valence-electron chi connectivity index (χ0n) is 11.0. The van der Waals surface area contributed by atoms with E-state index in [4.69, 9.17) is 16.0 Å². The number of nitrogens with one attached hydrogen (secondary N) is 1. The van der Waals surface area contributed by atoms with E-state index >= 15 is 0 Å². The van der Waals surface area contributed by atoms with E-state index in [0.29, 0.717) is 21.2 Å². The largest absolute Gasteiger partial charge is 0.459 e. The standard InChI is InChI=1S/C15H12ClNO2S/c1-8-6-10-4-3-5-12(14(10)19-8)17-15(18)13-7-11(16)9(2)20-13/h3-7H,1-2H3,(H,17,18). The van der Waals surface area contributed by atoms with Gasteiger partial charge in [0.15, 0.2) is 5.58 Å². The van der Waals surface area contributed by atoms with E-state index in [9.17, 15) is 4.79 Å². The summed E-state index contributed by atoms with van der Waals surface area (Å²) in [4.78, 5) is 13.8. The first-order valence-electron chi connectivity index (χ1n) is 6.11.